The largest absolute Gasteiger partial charge is 0.477 e. The number of ether oxygens (including phenoxy) is 1. The van der Waals surface area contributed by atoms with Crippen molar-refractivity contribution in [3.63, 3.8) is 0 Å². The molecule has 1 aliphatic carbocycles. The Morgan fingerprint density at radius 1 is 1.04 bits per heavy atom. The minimum atomic E-state index is 0.741. The van der Waals surface area contributed by atoms with Gasteiger partial charge in [0.15, 0.2) is 0 Å². The van der Waals surface area contributed by atoms with E-state index >= 15 is 0 Å². The third-order valence-corrected chi connectivity index (χ3v) is 6.09. The lowest BCUT2D eigenvalue weighted by molar-refractivity contribution is 0.0854. The van der Waals surface area contributed by atoms with Crippen molar-refractivity contribution >= 4 is 5.52 Å². The Kier molecular flexibility index (Phi) is 5.55. The lowest BCUT2D eigenvalue weighted by atomic mass is 9.75. The highest BCUT2D eigenvalue weighted by atomic mass is 16.5. The third-order valence-electron chi connectivity index (χ3n) is 6.09. The summed E-state index contributed by atoms with van der Waals surface area (Å²) < 4.78 is 7.67. The van der Waals surface area contributed by atoms with E-state index in [-0.39, 0.29) is 0 Å². The van der Waals surface area contributed by atoms with E-state index in [2.05, 4.69) is 16.1 Å². The summed E-state index contributed by atoms with van der Waals surface area (Å²) in [5.41, 5.74) is 1.09. The highest BCUT2D eigenvalue weighted by molar-refractivity contribution is 5.48. The van der Waals surface area contributed by atoms with Gasteiger partial charge in [-0.1, -0.05) is 25.3 Å². The molecule has 2 fully saturated rings. The molecule has 2 unspecified atom stereocenters. The number of likely N-dealkylation sites (tertiary alicyclic amines) is 1. The average molecular weight is 341 g/mol. The van der Waals surface area contributed by atoms with E-state index in [4.69, 9.17) is 4.74 Å². The van der Waals surface area contributed by atoms with E-state index in [1.165, 1.54) is 64.6 Å². The molecule has 4 nitrogen and oxygen atoms in total. The lowest BCUT2D eigenvalue weighted by Crippen LogP contribution is -2.42. The van der Waals surface area contributed by atoms with Gasteiger partial charge in [-0.2, -0.15) is 0 Å². The second kappa shape index (κ2) is 8.22. The van der Waals surface area contributed by atoms with Gasteiger partial charge in [-0.25, -0.2) is 4.52 Å². The molecular formula is C21H31N3O. The Labute approximate surface area is 151 Å². The van der Waals surface area contributed by atoms with Crippen LogP contribution in [-0.2, 0) is 0 Å². The minimum Gasteiger partial charge on any atom is -0.477 e. The summed E-state index contributed by atoms with van der Waals surface area (Å²) >= 11 is 0. The fourth-order valence-corrected chi connectivity index (χ4v) is 4.66. The molecule has 0 N–H and O–H groups in total. The first kappa shape index (κ1) is 16.9. The predicted octanol–water partition coefficient (Wildman–Crippen LogP) is 4.40. The van der Waals surface area contributed by atoms with Gasteiger partial charge >= 0.3 is 0 Å². The van der Waals surface area contributed by atoms with Crippen LogP contribution in [0.4, 0.5) is 0 Å². The molecule has 1 aliphatic heterocycles. The maximum Gasteiger partial charge on any atom is 0.233 e. The third kappa shape index (κ3) is 4.35. The zero-order valence-electron chi connectivity index (χ0n) is 15.3. The van der Waals surface area contributed by atoms with Gasteiger partial charge in [-0.15, -0.1) is 5.10 Å². The van der Waals surface area contributed by atoms with Gasteiger partial charge in [0.1, 0.15) is 0 Å². The monoisotopic (exact) mass is 341 g/mol. The van der Waals surface area contributed by atoms with Crippen LogP contribution in [0.3, 0.4) is 0 Å². The second-order valence-electron chi connectivity index (χ2n) is 7.86. The van der Waals surface area contributed by atoms with E-state index in [0.29, 0.717) is 0 Å². The van der Waals surface area contributed by atoms with Crippen molar-refractivity contribution in [2.24, 2.45) is 11.8 Å². The van der Waals surface area contributed by atoms with Crippen molar-refractivity contribution in [2.45, 2.75) is 51.4 Å². The van der Waals surface area contributed by atoms with Crippen LogP contribution < -0.4 is 4.74 Å². The topological polar surface area (TPSA) is 29.8 Å². The lowest BCUT2D eigenvalue weighted by Gasteiger charge is -2.41. The Morgan fingerprint density at radius 3 is 2.88 bits per heavy atom. The molecule has 3 heterocycles. The van der Waals surface area contributed by atoms with Crippen molar-refractivity contribution in [3.8, 4) is 5.88 Å². The van der Waals surface area contributed by atoms with Crippen LogP contribution in [0.5, 0.6) is 5.88 Å². The highest BCUT2D eigenvalue weighted by Gasteiger charge is 2.30. The number of rotatable bonds is 7. The maximum atomic E-state index is 5.81. The number of hydrogen-bond acceptors (Lipinski definition) is 3. The predicted molar refractivity (Wildman–Crippen MR) is 101 cm³/mol. The zero-order chi connectivity index (χ0) is 16.9. The number of unbranched alkanes of at least 4 members (excludes halogenated alkanes) is 2. The molecule has 0 aromatic carbocycles. The standard InChI is InChI=1S/C21H31N3O/c1(5-12-23-14-11-18-8-2-3-9-19(18)17-23)7-15-25-21-16-20-10-4-6-13-24(20)22-21/h4,6,10,13,16,18-19H,1-3,5,7-9,11-12,14-15,17H2. The molecule has 0 amide bonds. The van der Waals surface area contributed by atoms with E-state index in [1.54, 1.807) is 0 Å². The van der Waals surface area contributed by atoms with Crippen molar-refractivity contribution in [1.29, 1.82) is 0 Å². The SMILES string of the molecule is c1ccn2nc(OCCCCCN3CCC4CCCCC4C3)cc2c1. The van der Waals surface area contributed by atoms with Crippen LogP contribution in [0.25, 0.3) is 5.52 Å². The summed E-state index contributed by atoms with van der Waals surface area (Å²) in [4.78, 5) is 2.72. The Balaban J connectivity index is 1.11. The number of piperidine rings is 1. The van der Waals surface area contributed by atoms with Gasteiger partial charge < -0.3 is 9.64 Å². The summed E-state index contributed by atoms with van der Waals surface area (Å²) in [5, 5.41) is 4.43. The summed E-state index contributed by atoms with van der Waals surface area (Å²) in [6.07, 6.45) is 13.0. The van der Waals surface area contributed by atoms with Crippen molar-refractivity contribution in [1.82, 2.24) is 14.5 Å². The molecular weight excluding hydrogens is 310 g/mol. The first-order valence-electron chi connectivity index (χ1n) is 10.2. The van der Waals surface area contributed by atoms with Crippen molar-refractivity contribution in [3.05, 3.63) is 30.5 Å². The van der Waals surface area contributed by atoms with Crippen LogP contribution in [0.2, 0.25) is 0 Å². The fourth-order valence-electron chi connectivity index (χ4n) is 4.66. The smallest absolute Gasteiger partial charge is 0.233 e. The highest BCUT2D eigenvalue weighted by Crippen LogP contribution is 2.36. The molecule has 0 spiro atoms. The van der Waals surface area contributed by atoms with Crippen LogP contribution in [0.15, 0.2) is 30.5 Å². The molecule has 0 radical (unpaired) electrons. The molecule has 2 aromatic heterocycles. The van der Waals surface area contributed by atoms with E-state index in [0.717, 1.165) is 36.3 Å². The quantitative estimate of drug-likeness (QED) is 0.699. The molecule has 0 bridgehead atoms. The van der Waals surface area contributed by atoms with Crippen LogP contribution >= 0.6 is 0 Å². The molecule has 4 heteroatoms. The Morgan fingerprint density at radius 2 is 1.96 bits per heavy atom. The van der Waals surface area contributed by atoms with Gasteiger partial charge in [-0.3, -0.25) is 0 Å². The summed E-state index contributed by atoms with van der Waals surface area (Å²) in [6, 6.07) is 8.07. The Hall–Kier alpha value is -1.55. The van der Waals surface area contributed by atoms with Crippen LogP contribution in [0.1, 0.15) is 51.4 Å². The first-order chi connectivity index (χ1) is 12.4. The molecule has 4 rings (SSSR count). The van der Waals surface area contributed by atoms with E-state index in [1.807, 2.05) is 28.9 Å². The van der Waals surface area contributed by atoms with Gasteiger partial charge in [0.25, 0.3) is 0 Å². The second-order valence-corrected chi connectivity index (χ2v) is 7.86. The van der Waals surface area contributed by atoms with E-state index in [9.17, 15) is 0 Å². The number of aromatic nitrogens is 2. The molecule has 25 heavy (non-hydrogen) atoms. The number of hydrogen-bond donors (Lipinski definition) is 0. The van der Waals surface area contributed by atoms with E-state index < -0.39 is 0 Å². The fraction of sp³-hybridized carbons (Fsp3) is 0.667. The Bertz CT molecular complexity index is 635. The van der Waals surface area contributed by atoms with Crippen LogP contribution in [0, 0.1) is 11.8 Å². The molecule has 1 saturated carbocycles. The van der Waals surface area contributed by atoms with Crippen LogP contribution in [-0.4, -0.2) is 40.8 Å². The summed E-state index contributed by atoms with van der Waals surface area (Å²) in [5.74, 6) is 2.79. The first-order valence-corrected chi connectivity index (χ1v) is 10.2. The summed E-state index contributed by atoms with van der Waals surface area (Å²) in [7, 11) is 0. The van der Waals surface area contributed by atoms with Gasteiger partial charge in [0.05, 0.1) is 12.1 Å². The average Bonchev–Trinajstić information content (AvgIpc) is 3.07. The number of pyridine rings is 1. The normalized spacial score (nSPS) is 24.3. The summed E-state index contributed by atoms with van der Waals surface area (Å²) in [6.45, 7) is 4.74. The van der Waals surface area contributed by atoms with Crippen molar-refractivity contribution in [2.75, 3.05) is 26.2 Å². The van der Waals surface area contributed by atoms with Gasteiger partial charge in [0.2, 0.25) is 5.88 Å². The number of nitrogens with zero attached hydrogens (tertiary/aromatic N) is 3. The zero-order valence-corrected chi connectivity index (χ0v) is 15.3. The molecule has 1 saturated heterocycles. The maximum absolute atomic E-state index is 5.81. The van der Waals surface area contributed by atoms with Crippen molar-refractivity contribution < 1.29 is 4.74 Å². The molecule has 2 aliphatic rings. The van der Waals surface area contributed by atoms with Gasteiger partial charge in [0, 0.05) is 18.8 Å². The molecule has 136 valence electrons. The molecule has 2 aromatic rings. The molecule has 2 atom stereocenters. The van der Waals surface area contributed by atoms with Gasteiger partial charge in [-0.05, 0) is 69.2 Å². The minimum absolute atomic E-state index is 0.741. The number of fused-ring (bicyclic) bond motifs is 2.